The Morgan fingerprint density at radius 1 is 1.26 bits per heavy atom. The number of likely N-dealkylation sites (N-methyl/N-ethyl adjacent to an activating group) is 1. The highest BCUT2D eigenvalue weighted by molar-refractivity contribution is 7.89. The molecule has 2 aromatic heterocycles. The number of benzene rings is 1. The molecule has 9 heteroatoms. The Balaban J connectivity index is 1.80. The number of amides is 1. The van der Waals surface area contributed by atoms with E-state index in [1.807, 2.05) is 6.92 Å². The van der Waals surface area contributed by atoms with Gasteiger partial charge in [0.25, 0.3) is 5.91 Å². The molecule has 0 radical (unpaired) electrons. The Labute approximate surface area is 159 Å². The molecule has 0 saturated heterocycles. The molecule has 27 heavy (non-hydrogen) atoms. The number of rotatable bonds is 2. The number of Topliss-reactive ketones (excluding diaryl/α,β-unsaturated/α-hetero) is 1. The van der Waals surface area contributed by atoms with Crippen LogP contribution in [-0.2, 0) is 14.8 Å². The Morgan fingerprint density at radius 2 is 2.00 bits per heavy atom. The number of carbonyl (C=O) groups is 2. The number of ketones is 1. The number of carbonyl (C=O) groups excluding carboxylic acids is 2. The minimum Gasteiger partial charge on any atom is -0.309 e. The molecule has 4 rings (SSSR count). The van der Waals surface area contributed by atoms with Gasteiger partial charge in [-0.3, -0.25) is 9.59 Å². The van der Waals surface area contributed by atoms with Gasteiger partial charge in [-0.25, -0.2) is 13.4 Å². The number of anilines is 1. The molecule has 1 unspecified atom stereocenters. The van der Waals surface area contributed by atoms with Crippen molar-refractivity contribution in [2.45, 2.75) is 17.9 Å². The quantitative estimate of drug-likeness (QED) is 0.665. The molecule has 0 bridgehead atoms. The molecule has 1 atom stereocenters. The van der Waals surface area contributed by atoms with Gasteiger partial charge in [-0.15, -0.1) is 11.3 Å². The van der Waals surface area contributed by atoms with Gasteiger partial charge in [0.15, 0.2) is 6.04 Å². The first-order valence-corrected chi connectivity index (χ1v) is 10.3. The zero-order valence-corrected chi connectivity index (χ0v) is 16.1. The molecule has 1 N–H and O–H groups in total. The number of sulfonamides is 1. The van der Waals surface area contributed by atoms with Crippen molar-refractivity contribution < 1.29 is 18.0 Å². The summed E-state index contributed by atoms with van der Waals surface area (Å²) in [5.74, 6) is -0.998. The molecular weight excluding hydrogens is 386 g/mol. The van der Waals surface area contributed by atoms with Gasteiger partial charge in [0.1, 0.15) is 10.7 Å². The molecule has 1 aromatic carbocycles. The third-order valence-corrected chi connectivity index (χ3v) is 7.66. The van der Waals surface area contributed by atoms with Crippen molar-refractivity contribution in [2.24, 2.45) is 0 Å². The second kappa shape index (κ2) is 6.22. The fourth-order valence-corrected chi connectivity index (χ4v) is 6.21. The number of aromatic nitrogens is 1. The summed E-state index contributed by atoms with van der Waals surface area (Å²) in [4.78, 5) is 29.8. The lowest BCUT2D eigenvalue weighted by atomic mass is 10.1. The highest BCUT2D eigenvalue weighted by Gasteiger charge is 2.47. The summed E-state index contributed by atoms with van der Waals surface area (Å²) in [6.07, 6.45) is 1.53. The van der Waals surface area contributed by atoms with Gasteiger partial charge in [0, 0.05) is 23.3 Å². The fourth-order valence-electron chi connectivity index (χ4n) is 3.10. The standard InChI is InChI=1S/C18H15N3O4S2/c1-10-7-8-19-13(9-10)20-18(23)14-15(22)16-17(27(24,25)21(14)2)11-5-3-4-6-12(11)26-16/h3-9,14H,1-2H3,(H,19,20,23). The Morgan fingerprint density at radius 3 is 2.74 bits per heavy atom. The number of hydrogen-bond donors (Lipinski definition) is 1. The van der Waals surface area contributed by atoms with Crippen LogP contribution in [0.5, 0.6) is 0 Å². The first kappa shape index (κ1) is 17.8. The van der Waals surface area contributed by atoms with Gasteiger partial charge in [-0.1, -0.05) is 18.2 Å². The molecule has 1 amide bonds. The average molecular weight is 401 g/mol. The summed E-state index contributed by atoms with van der Waals surface area (Å²) in [7, 11) is -2.74. The molecule has 1 aliphatic heterocycles. The van der Waals surface area contributed by atoms with Crippen LogP contribution in [0.25, 0.3) is 10.1 Å². The summed E-state index contributed by atoms with van der Waals surface area (Å²) in [6.45, 7) is 1.84. The van der Waals surface area contributed by atoms with Gasteiger partial charge in [0.05, 0.1) is 4.88 Å². The molecule has 0 fully saturated rings. The molecule has 3 aromatic rings. The number of aryl methyl sites for hydroxylation is 1. The largest absolute Gasteiger partial charge is 0.309 e. The topological polar surface area (TPSA) is 96.4 Å². The van der Waals surface area contributed by atoms with E-state index in [-0.39, 0.29) is 15.6 Å². The maximum atomic E-state index is 13.0. The van der Waals surface area contributed by atoms with Gasteiger partial charge < -0.3 is 5.32 Å². The molecule has 7 nitrogen and oxygen atoms in total. The van der Waals surface area contributed by atoms with Crippen molar-refractivity contribution >= 4 is 49.0 Å². The number of fused-ring (bicyclic) bond motifs is 3. The summed E-state index contributed by atoms with van der Waals surface area (Å²) in [6, 6.07) is 8.85. The summed E-state index contributed by atoms with van der Waals surface area (Å²) in [5.41, 5.74) is 0.878. The lowest BCUT2D eigenvalue weighted by Gasteiger charge is -2.29. The van der Waals surface area contributed by atoms with E-state index in [2.05, 4.69) is 10.3 Å². The highest BCUT2D eigenvalue weighted by Crippen LogP contribution is 2.40. The SMILES string of the molecule is Cc1ccnc(NC(=O)C2C(=O)c3sc4ccccc4c3S(=O)(=O)N2C)c1. The average Bonchev–Trinajstić information content (AvgIpc) is 3.01. The van der Waals surface area contributed by atoms with Crippen molar-refractivity contribution in [3.63, 3.8) is 0 Å². The van der Waals surface area contributed by atoms with Crippen molar-refractivity contribution in [2.75, 3.05) is 12.4 Å². The van der Waals surface area contributed by atoms with Crippen LogP contribution in [0.2, 0.25) is 0 Å². The lowest BCUT2D eigenvalue weighted by molar-refractivity contribution is -0.118. The van der Waals surface area contributed by atoms with Gasteiger partial charge in [-0.2, -0.15) is 4.31 Å². The highest BCUT2D eigenvalue weighted by atomic mass is 32.2. The van der Waals surface area contributed by atoms with E-state index < -0.39 is 27.8 Å². The smallest absolute Gasteiger partial charge is 0.252 e. The number of pyridine rings is 1. The lowest BCUT2D eigenvalue weighted by Crippen LogP contribution is -2.52. The third kappa shape index (κ3) is 2.75. The molecule has 3 heterocycles. The third-order valence-electron chi connectivity index (χ3n) is 4.44. The van der Waals surface area contributed by atoms with E-state index in [0.717, 1.165) is 21.2 Å². The van der Waals surface area contributed by atoms with Crippen molar-refractivity contribution in [3.05, 3.63) is 53.0 Å². The van der Waals surface area contributed by atoms with Crippen LogP contribution < -0.4 is 5.32 Å². The predicted octanol–water partition coefficient (Wildman–Crippen LogP) is 2.43. The van der Waals surface area contributed by atoms with Crippen molar-refractivity contribution in [1.29, 1.82) is 0 Å². The van der Waals surface area contributed by atoms with Crippen LogP contribution in [0.4, 0.5) is 5.82 Å². The predicted molar refractivity (Wildman–Crippen MR) is 102 cm³/mol. The molecular formula is C18H15N3O4S2. The van der Waals surface area contributed by atoms with Gasteiger partial charge >= 0.3 is 0 Å². The maximum Gasteiger partial charge on any atom is 0.252 e. The Kier molecular flexibility index (Phi) is 4.10. The van der Waals surface area contributed by atoms with Gasteiger partial charge in [-0.05, 0) is 30.7 Å². The normalized spacial score (nSPS) is 19.0. The van der Waals surface area contributed by atoms with Crippen LogP contribution >= 0.6 is 11.3 Å². The number of hydrogen-bond acceptors (Lipinski definition) is 6. The first-order chi connectivity index (χ1) is 12.8. The van der Waals surface area contributed by atoms with E-state index in [1.54, 1.807) is 36.4 Å². The summed E-state index contributed by atoms with van der Waals surface area (Å²) >= 11 is 1.09. The zero-order valence-electron chi connectivity index (χ0n) is 14.5. The van der Waals surface area contributed by atoms with Crippen LogP contribution in [0.15, 0.2) is 47.5 Å². The van der Waals surface area contributed by atoms with E-state index in [9.17, 15) is 18.0 Å². The minimum absolute atomic E-state index is 0.0201. The Hall–Kier alpha value is -2.62. The summed E-state index contributed by atoms with van der Waals surface area (Å²) < 4.78 is 27.6. The second-order valence-corrected chi connectivity index (χ2v) is 9.24. The fraction of sp³-hybridized carbons (Fsp3) is 0.167. The Bertz CT molecular complexity index is 1200. The molecule has 0 aliphatic carbocycles. The van der Waals surface area contributed by atoms with E-state index in [1.165, 1.54) is 13.2 Å². The molecule has 0 spiro atoms. The van der Waals surface area contributed by atoms with Crippen LogP contribution in [-0.4, -0.2) is 42.5 Å². The van der Waals surface area contributed by atoms with Crippen molar-refractivity contribution in [1.82, 2.24) is 9.29 Å². The number of thiophene rings is 1. The number of nitrogens with one attached hydrogen (secondary N) is 1. The van der Waals surface area contributed by atoms with Crippen molar-refractivity contribution in [3.8, 4) is 0 Å². The summed E-state index contributed by atoms with van der Waals surface area (Å²) in [5, 5.41) is 3.04. The zero-order chi connectivity index (χ0) is 19.3. The minimum atomic E-state index is -3.99. The molecule has 1 aliphatic rings. The van der Waals surface area contributed by atoms with Crippen LogP contribution in [0.1, 0.15) is 15.2 Å². The van der Waals surface area contributed by atoms with Crippen LogP contribution in [0, 0.1) is 6.92 Å². The second-order valence-electron chi connectivity index (χ2n) is 6.25. The molecule has 0 saturated carbocycles. The molecule has 138 valence electrons. The monoisotopic (exact) mass is 401 g/mol. The first-order valence-electron chi connectivity index (χ1n) is 8.08. The van der Waals surface area contributed by atoms with E-state index in [0.29, 0.717) is 10.1 Å². The number of nitrogens with zero attached hydrogens (tertiary/aromatic N) is 2. The van der Waals surface area contributed by atoms with E-state index >= 15 is 0 Å². The van der Waals surface area contributed by atoms with Gasteiger partial charge in [0.2, 0.25) is 15.8 Å². The van der Waals surface area contributed by atoms with E-state index in [4.69, 9.17) is 0 Å². The maximum absolute atomic E-state index is 13.0. The van der Waals surface area contributed by atoms with Crippen LogP contribution in [0.3, 0.4) is 0 Å².